The minimum absolute atomic E-state index is 0.121. The first-order chi connectivity index (χ1) is 12.6. The Morgan fingerprint density at radius 1 is 1.19 bits per heavy atom. The number of amides is 1. The van der Waals surface area contributed by atoms with Crippen molar-refractivity contribution in [2.24, 2.45) is 7.05 Å². The molecule has 1 amide bonds. The molecule has 0 unspecified atom stereocenters. The van der Waals surface area contributed by atoms with Gasteiger partial charge in [0.1, 0.15) is 5.75 Å². The quantitative estimate of drug-likeness (QED) is 0.690. The maximum absolute atomic E-state index is 11.7. The number of nitrogens with zero attached hydrogens (tertiary/aromatic N) is 1. The molecule has 0 aliphatic carbocycles. The van der Waals surface area contributed by atoms with Crippen LogP contribution in [0.3, 0.4) is 0 Å². The summed E-state index contributed by atoms with van der Waals surface area (Å²) in [5, 5.41) is 4.18. The normalized spacial score (nSPS) is 10.9. The molecule has 3 aromatic rings. The number of carbonyl (C=O) groups excluding carboxylic acids is 1. The molecule has 1 aromatic heterocycles. The third kappa shape index (κ3) is 3.74. The van der Waals surface area contributed by atoms with Crippen LogP contribution in [0, 0.1) is 0 Å². The highest BCUT2D eigenvalue weighted by Gasteiger charge is 2.14. The summed E-state index contributed by atoms with van der Waals surface area (Å²) < 4.78 is 7.71. The number of hydrogen-bond donors (Lipinski definition) is 1. The van der Waals surface area contributed by atoms with E-state index in [9.17, 15) is 4.79 Å². The molecular weight excluding hydrogens is 324 g/mol. The standard InChI is InChI=1S/C22H26N2O2/c1-4-8-21(25)23-12-11-17-15-24(2)22-19(16-9-6-5-7-10-16)13-18(26-3)14-20(17)22/h5-7,9-10,13-15H,4,8,11-12H2,1-3H3,(H,23,25). The number of aromatic nitrogens is 1. The summed E-state index contributed by atoms with van der Waals surface area (Å²) in [7, 11) is 3.77. The SMILES string of the molecule is CCCC(=O)NCCc1cn(C)c2c(-c3ccccc3)cc(OC)cc12. The van der Waals surface area contributed by atoms with Crippen molar-refractivity contribution in [3.05, 3.63) is 54.2 Å². The molecule has 2 aromatic carbocycles. The zero-order valence-electron chi connectivity index (χ0n) is 15.7. The van der Waals surface area contributed by atoms with Gasteiger partial charge >= 0.3 is 0 Å². The average Bonchev–Trinajstić information content (AvgIpc) is 2.98. The molecule has 0 aliphatic heterocycles. The Kier molecular flexibility index (Phi) is 5.61. The van der Waals surface area contributed by atoms with Crippen LogP contribution in [0.15, 0.2) is 48.7 Å². The van der Waals surface area contributed by atoms with Gasteiger partial charge in [-0.2, -0.15) is 0 Å². The van der Waals surface area contributed by atoms with E-state index in [0.29, 0.717) is 13.0 Å². The van der Waals surface area contributed by atoms with Crippen LogP contribution in [0.4, 0.5) is 0 Å². The Morgan fingerprint density at radius 3 is 2.65 bits per heavy atom. The fourth-order valence-corrected chi connectivity index (χ4v) is 3.41. The highest BCUT2D eigenvalue weighted by molar-refractivity contribution is 5.98. The van der Waals surface area contributed by atoms with Crippen molar-refractivity contribution in [2.75, 3.05) is 13.7 Å². The summed E-state index contributed by atoms with van der Waals surface area (Å²) in [6.07, 6.45) is 4.41. The van der Waals surface area contributed by atoms with E-state index in [0.717, 1.165) is 24.2 Å². The van der Waals surface area contributed by atoms with Crippen molar-refractivity contribution in [1.29, 1.82) is 0 Å². The smallest absolute Gasteiger partial charge is 0.219 e. The van der Waals surface area contributed by atoms with Crippen LogP contribution in [0.2, 0.25) is 0 Å². The molecule has 0 radical (unpaired) electrons. The van der Waals surface area contributed by atoms with Gasteiger partial charge in [-0.15, -0.1) is 0 Å². The van der Waals surface area contributed by atoms with Gasteiger partial charge < -0.3 is 14.6 Å². The van der Waals surface area contributed by atoms with Crippen molar-refractivity contribution in [3.63, 3.8) is 0 Å². The Bertz CT molecular complexity index is 897. The van der Waals surface area contributed by atoms with E-state index in [1.807, 2.05) is 25.1 Å². The lowest BCUT2D eigenvalue weighted by atomic mass is 10.0. The van der Waals surface area contributed by atoms with Gasteiger partial charge in [0, 0.05) is 37.2 Å². The number of carbonyl (C=O) groups is 1. The molecule has 0 fully saturated rings. The van der Waals surface area contributed by atoms with Crippen molar-refractivity contribution in [1.82, 2.24) is 9.88 Å². The molecule has 0 aliphatic rings. The lowest BCUT2D eigenvalue weighted by molar-refractivity contribution is -0.121. The van der Waals surface area contributed by atoms with Gasteiger partial charge in [0.25, 0.3) is 0 Å². The van der Waals surface area contributed by atoms with Crippen LogP contribution >= 0.6 is 0 Å². The van der Waals surface area contributed by atoms with Crippen molar-refractivity contribution in [3.8, 4) is 16.9 Å². The molecule has 0 bridgehead atoms. The molecule has 136 valence electrons. The number of benzene rings is 2. The highest BCUT2D eigenvalue weighted by atomic mass is 16.5. The number of rotatable bonds is 7. The van der Waals surface area contributed by atoms with Crippen LogP contribution < -0.4 is 10.1 Å². The lowest BCUT2D eigenvalue weighted by Crippen LogP contribution is -2.25. The summed E-state index contributed by atoms with van der Waals surface area (Å²) in [5.41, 5.74) is 4.73. The molecule has 4 nitrogen and oxygen atoms in total. The minimum Gasteiger partial charge on any atom is -0.497 e. The second-order valence-electron chi connectivity index (χ2n) is 6.55. The fourth-order valence-electron chi connectivity index (χ4n) is 3.41. The number of ether oxygens (including phenoxy) is 1. The Labute approximate surface area is 154 Å². The summed E-state index contributed by atoms with van der Waals surface area (Å²) >= 11 is 0. The van der Waals surface area contributed by atoms with Gasteiger partial charge in [-0.1, -0.05) is 37.3 Å². The van der Waals surface area contributed by atoms with Crippen LogP contribution in [0.5, 0.6) is 5.75 Å². The molecule has 0 saturated heterocycles. The summed E-state index contributed by atoms with van der Waals surface area (Å²) in [6, 6.07) is 14.5. The van der Waals surface area contributed by atoms with Crippen LogP contribution in [-0.2, 0) is 18.3 Å². The number of nitrogens with one attached hydrogen (secondary N) is 1. The second kappa shape index (κ2) is 8.09. The van der Waals surface area contributed by atoms with Gasteiger partial charge in [0.05, 0.1) is 12.6 Å². The van der Waals surface area contributed by atoms with Crippen LogP contribution in [0.1, 0.15) is 25.3 Å². The van der Waals surface area contributed by atoms with E-state index in [1.54, 1.807) is 7.11 Å². The lowest BCUT2D eigenvalue weighted by Gasteiger charge is -2.10. The number of methoxy groups -OCH3 is 1. The van der Waals surface area contributed by atoms with Crippen LogP contribution in [-0.4, -0.2) is 24.1 Å². The highest BCUT2D eigenvalue weighted by Crippen LogP contribution is 2.35. The number of hydrogen-bond acceptors (Lipinski definition) is 2. The number of aryl methyl sites for hydroxylation is 1. The van der Waals surface area contributed by atoms with Gasteiger partial charge in [-0.05, 0) is 36.1 Å². The zero-order chi connectivity index (χ0) is 18.5. The maximum Gasteiger partial charge on any atom is 0.219 e. The first-order valence-electron chi connectivity index (χ1n) is 9.12. The maximum atomic E-state index is 11.7. The molecule has 1 heterocycles. The summed E-state index contributed by atoms with van der Waals surface area (Å²) in [6.45, 7) is 2.66. The molecule has 1 N–H and O–H groups in total. The van der Waals surface area contributed by atoms with E-state index in [4.69, 9.17) is 4.74 Å². The third-order valence-corrected chi connectivity index (χ3v) is 4.65. The molecule has 3 rings (SSSR count). The van der Waals surface area contributed by atoms with E-state index < -0.39 is 0 Å². The Balaban J connectivity index is 1.98. The van der Waals surface area contributed by atoms with E-state index >= 15 is 0 Å². The largest absolute Gasteiger partial charge is 0.497 e. The zero-order valence-corrected chi connectivity index (χ0v) is 15.7. The fraction of sp³-hybridized carbons (Fsp3) is 0.318. The van der Waals surface area contributed by atoms with Gasteiger partial charge in [-0.25, -0.2) is 0 Å². The molecule has 0 saturated carbocycles. The molecule has 26 heavy (non-hydrogen) atoms. The predicted octanol–water partition coefficient (Wildman–Crippen LogP) is 4.31. The summed E-state index contributed by atoms with van der Waals surface area (Å²) in [5.74, 6) is 0.967. The third-order valence-electron chi connectivity index (χ3n) is 4.65. The van der Waals surface area contributed by atoms with Crippen molar-refractivity contribution < 1.29 is 9.53 Å². The van der Waals surface area contributed by atoms with E-state index in [2.05, 4.69) is 47.4 Å². The Morgan fingerprint density at radius 2 is 1.96 bits per heavy atom. The van der Waals surface area contributed by atoms with Gasteiger partial charge in [0.2, 0.25) is 5.91 Å². The minimum atomic E-state index is 0.121. The second-order valence-corrected chi connectivity index (χ2v) is 6.55. The topological polar surface area (TPSA) is 43.3 Å². The number of fused-ring (bicyclic) bond motifs is 1. The molecule has 0 spiro atoms. The first kappa shape index (κ1) is 18.1. The predicted molar refractivity (Wildman–Crippen MR) is 107 cm³/mol. The van der Waals surface area contributed by atoms with E-state index in [-0.39, 0.29) is 5.91 Å². The molecular formula is C22H26N2O2. The Hall–Kier alpha value is -2.75. The van der Waals surface area contributed by atoms with E-state index in [1.165, 1.54) is 22.0 Å². The van der Waals surface area contributed by atoms with Crippen molar-refractivity contribution >= 4 is 16.8 Å². The molecule has 0 atom stereocenters. The van der Waals surface area contributed by atoms with Gasteiger partial charge in [-0.3, -0.25) is 4.79 Å². The monoisotopic (exact) mass is 350 g/mol. The van der Waals surface area contributed by atoms with Crippen molar-refractivity contribution in [2.45, 2.75) is 26.2 Å². The first-order valence-corrected chi connectivity index (χ1v) is 9.12. The summed E-state index contributed by atoms with van der Waals surface area (Å²) in [4.78, 5) is 11.7. The van der Waals surface area contributed by atoms with Crippen LogP contribution in [0.25, 0.3) is 22.0 Å². The average molecular weight is 350 g/mol. The van der Waals surface area contributed by atoms with Gasteiger partial charge in [0.15, 0.2) is 0 Å². The molecule has 4 heteroatoms.